The first kappa shape index (κ1) is 13.2. The third-order valence-electron chi connectivity index (χ3n) is 3.24. The summed E-state index contributed by atoms with van der Waals surface area (Å²) in [4.78, 5) is 0. The molecule has 4 nitrogen and oxygen atoms in total. The zero-order chi connectivity index (χ0) is 13.0. The summed E-state index contributed by atoms with van der Waals surface area (Å²) >= 11 is 0. The number of methoxy groups -OCH3 is 1. The first-order valence-corrected chi connectivity index (χ1v) is 6.20. The lowest BCUT2D eigenvalue weighted by molar-refractivity contribution is -0.0858. The maximum Gasteiger partial charge on any atom is 0.161 e. The van der Waals surface area contributed by atoms with Crippen LogP contribution >= 0.6 is 0 Å². The molecule has 1 N–H and O–H groups in total. The van der Waals surface area contributed by atoms with Gasteiger partial charge in [0.05, 0.1) is 7.11 Å². The Labute approximate surface area is 107 Å². The van der Waals surface area contributed by atoms with E-state index in [-0.39, 0.29) is 6.61 Å². The van der Waals surface area contributed by atoms with Crippen molar-refractivity contribution < 1.29 is 19.3 Å². The average molecular weight is 252 g/mol. The van der Waals surface area contributed by atoms with Gasteiger partial charge in [-0.05, 0) is 24.6 Å². The Bertz CT molecular complexity index is 397. The van der Waals surface area contributed by atoms with Gasteiger partial charge < -0.3 is 19.3 Å². The third-order valence-corrected chi connectivity index (χ3v) is 3.24. The smallest absolute Gasteiger partial charge is 0.161 e. The van der Waals surface area contributed by atoms with E-state index in [1.54, 1.807) is 7.11 Å². The predicted molar refractivity (Wildman–Crippen MR) is 68.2 cm³/mol. The Morgan fingerprint density at radius 1 is 1.28 bits per heavy atom. The minimum atomic E-state index is -0.784. The summed E-state index contributed by atoms with van der Waals surface area (Å²) in [6, 6.07) is 5.76. The zero-order valence-corrected chi connectivity index (χ0v) is 10.9. The van der Waals surface area contributed by atoms with Crippen molar-refractivity contribution in [2.45, 2.75) is 25.4 Å². The van der Waals surface area contributed by atoms with E-state index in [0.29, 0.717) is 37.6 Å². The molecule has 1 aromatic carbocycles. The first-order valence-electron chi connectivity index (χ1n) is 6.20. The average Bonchev–Trinajstić information content (AvgIpc) is 2.38. The molecule has 0 atom stereocenters. The van der Waals surface area contributed by atoms with Crippen LogP contribution in [0.4, 0.5) is 0 Å². The Balaban J connectivity index is 2.01. The Kier molecular flexibility index (Phi) is 4.09. The van der Waals surface area contributed by atoms with Crippen molar-refractivity contribution in [1.29, 1.82) is 0 Å². The van der Waals surface area contributed by atoms with Crippen LogP contribution in [0.5, 0.6) is 11.5 Å². The van der Waals surface area contributed by atoms with Gasteiger partial charge in [-0.2, -0.15) is 0 Å². The van der Waals surface area contributed by atoms with Gasteiger partial charge in [-0.1, -0.05) is 6.07 Å². The molecular formula is C14H20O4. The minimum absolute atomic E-state index is 0.274. The molecule has 100 valence electrons. The molecule has 0 spiro atoms. The summed E-state index contributed by atoms with van der Waals surface area (Å²) in [6.07, 6.45) is 1.22. The van der Waals surface area contributed by atoms with Crippen LogP contribution in [0.1, 0.15) is 18.4 Å². The molecule has 4 heteroatoms. The van der Waals surface area contributed by atoms with Crippen molar-refractivity contribution in [2.75, 3.05) is 26.9 Å². The number of aryl methyl sites for hydroxylation is 1. The highest BCUT2D eigenvalue weighted by atomic mass is 16.5. The van der Waals surface area contributed by atoms with Crippen LogP contribution in [0.2, 0.25) is 0 Å². The molecule has 0 aliphatic carbocycles. The van der Waals surface area contributed by atoms with Gasteiger partial charge >= 0.3 is 0 Å². The van der Waals surface area contributed by atoms with Crippen molar-refractivity contribution in [3.8, 4) is 11.5 Å². The van der Waals surface area contributed by atoms with E-state index in [9.17, 15) is 5.11 Å². The number of ether oxygens (including phenoxy) is 3. The summed E-state index contributed by atoms with van der Waals surface area (Å²) in [7, 11) is 1.62. The monoisotopic (exact) mass is 252 g/mol. The lowest BCUT2D eigenvalue weighted by atomic mass is 9.96. The van der Waals surface area contributed by atoms with Gasteiger partial charge in [0.1, 0.15) is 12.2 Å². The molecule has 0 saturated carbocycles. The number of rotatable bonds is 4. The fourth-order valence-electron chi connectivity index (χ4n) is 2.00. The van der Waals surface area contributed by atoms with Gasteiger partial charge in [0.25, 0.3) is 0 Å². The molecule has 0 unspecified atom stereocenters. The summed E-state index contributed by atoms with van der Waals surface area (Å²) < 4.78 is 16.2. The highest BCUT2D eigenvalue weighted by Gasteiger charge is 2.30. The molecule has 1 saturated heterocycles. The molecule has 18 heavy (non-hydrogen) atoms. The van der Waals surface area contributed by atoms with Crippen molar-refractivity contribution in [3.05, 3.63) is 23.8 Å². The van der Waals surface area contributed by atoms with Crippen LogP contribution < -0.4 is 9.47 Å². The number of aliphatic hydroxyl groups is 1. The molecule has 0 amide bonds. The predicted octanol–water partition coefficient (Wildman–Crippen LogP) is 1.92. The van der Waals surface area contributed by atoms with Crippen molar-refractivity contribution in [3.63, 3.8) is 0 Å². The van der Waals surface area contributed by atoms with Gasteiger partial charge in [0.15, 0.2) is 11.5 Å². The number of hydrogen-bond donors (Lipinski definition) is 1. The van der Waals surface area contributed by atoms with E-state index < -0.39 is 5.60 Å². The highest BCUT2D eigenvalue weighted by molar-refractivity contribution is 5.42. The summed E-state index contributed by atoms with van der Waals surface area (Å²) in [5, 5.41) is 10.3. The van der Waals surface area contributed by atoms with Crippen LogP contribution in [0, 0.1) is 6.92 Å². The van der Waals surface area contributed by atoms with E-state index in [1.165, 1.54) is 0 Å². The van der Waals surface area contributed by atoms with Gasteiger partial charge in [-0.15, -0.1) is 0 Å². The second-order valence-corrected chi connectivity index (χ2v) is 4.78. The quantitative estimate of drug-likeness (QED) is 0.889. The van der Waals surface area contributed by atoms with E-state index >= 15 is 0 Å². The topological polar surface area (TPSA) is 47.9 Å². The summed E-state index contributed by atoms with van der Waals surface area (Å²) in [6.45, 7) is 3.45. The second-order valence-electron chi connectivity index (χ2n) is 4.78. The summed E-state index contributed by atoms with van der Waals surface area (Å²) in [5.41, 5.74) is 0.331. The molecule has 1 aliphatic rings. The number of hydrogen-bond acceptors (Lipinski definition) is 4. The van der Waals surface area contributed by atoms with E-state index in [4.69, 9.17) is 14.2 Å². The van der Waals surface area contributed by atoms with Gasteiger partial charge in [0.2, 0.25) is 0 Å². The Hall–Kier alpha value is -1.26. The molecule has 2 rings (SSSR count). The highest BCUT2D eigenvalue weighted by Crippen LogP contribution is 2.30. The van der Waals surface area contributed by atoms with Gasteiger partial charge in [-0.3, -0.25) is 0 Å². The third kappa shape index (κ3) is 3.15. The fourth-order valence-corrected chi connectivity index (χ4v) is 2.00. The lowest BCUT2D eigenvalue weighted by Gasteiger charge is -2.31. The minimum Gasteiger partial charge on any atom is -0.493 e. The standard InChI is InChI=1S/C14H20O4/c1-11-3-4-12(13(9-11)16-2)18-10-14(15)5-7-17-8-6-14/h3-4,9,15H,5-8,10H2,1-2H3. The van der Waals surface area contributed by atoms with E-state index in [1.807, 2.05) is 25.1 Å². The molecule has 1 fully saturated rings. The van der Waals surface area contributed by atoms with Crippen LogP contribution in [-0.2, 0) is 4.74 Å². The molecule has 0 aromatic heterocycles. The maximum atomic E-state index is 10.3. The van der Waals surface area contributed by atoms with Crippen molar-refractivity contribution in [2.24, 2.45) is 0 Å². The number of benzene rings is 1. The van der Waals surface area contributed by atoms with Crippen LogP contribution in [-0.4, -0.2) is 37.6 Å². The van der Waals surface area contributed by atoms with Gasteiger partial charge in [0, 0.05) is 26.1 Å². The molecule has 1 aromatic rings. The Morgan fingerprint density at radius 2 is 2.00 bits per heavy atom. The van der Waals surface area contributed by atoms with Gasteiger partial charge in [-0.25, -0.2) is 0 Å². The van der Waals surface area contributed by atoms with Crippen LogP contribution in [0.25, 0.3) is 0 Å². The largest absolute Gasteiger partial charge is 0.493 e. The van der Waals surface area contributed by atoms with Crippen LogP contribution in [0.15, 0.2) is 18.2 Å². The van der Waals surface area contributed by atoms with Crippen molar-refractivity contribution >= 4 is 0 Å². The normalized spacial score (nSPS) is 18.4. The Morgan fingerprint density at radius 3 is 2.67 bits per heavy atom. The molecule has 0 radical (unpaired) electrons. The zero-order valence-electron chi connectivity index (χ0n) is 10.9. The molecule has 1 heterocycles. The van der Waals surface area contributed by atoms with Crippen LogP contribution in [0.3, 0.4) is 0 Å². The molecule has 1 aliphatic heterocycles. The molecular weight excluding hydrogens is 232 g/mol. The lowest BCUT2D eigenvalue weighted by Crippen LogP contribution is -2.41. The van der Waals surface area contributed by atoms with E-state index in [2.05, 4.69) is 0 Å². The fraction of sp³-hybridized carbons (Fsp3) is 0.571. The first-order chi connectivity index (χ1) is 8.63. The SMILES string of the molecule is COc1cc(C)ccc1OCC1(O)CCOCC1. The van der Waals surface area contributed by atoms with Crippen molar-refractivity contribution in [1.82, 2.24) is 0 Å². The summed E-state index contributed by atoms with van der Waals surface area (Å²) in [5.74, 6) is 1.37. The maximum absolute atomic E-state index is 10.3. The molecule has 0 bridgehead atoms. The second kappa shape index (κ2) is 5.59. The van der Waals surface area contributed by atoms with E-state index in [0.717, 1.165) is 5.56 Å².